The van der Waals surface area contributed by atoms with Gasteiger partial charge < -0.3 is 10.2 Å². The summed E-state index contributed by atoms with van der Waals surface area (Å²) in [6.07, 6.45) is 5.66. The summed E-state index contributed by atoms with van der Waals surface area (Å²) < 4.78 is 3.64. The molecular weight excluding hydrogens is 294 g/mol. The van der Waals surface area contributed by atoms with Gasteiger partial charge in [-0.1, -0.05) is 5.21 Å². The number of hydrogen-bond donors (Lipinski definition) is 1. The van der Waals surface area contributed by atoms with E-state index < -0.39 is 0 Å². The first-order chi connectivity index (χ1) is 11.2. The molecule has 0 aromatic carbocycles. The lowest BCUT2D eigenvalue weighted by molar-refractivity contribution is -0.133. The van der Waals surface area contributed by atoms with Crippen LogP contribution < -0.4 is 5.32 Å². The summed E-state index contributed by atoms with van der Waals surface area (Å²) in [6, 6.07) is 2.23. The fourth-order valence-corrected chi connectivity index (χ4v) is 2.92. The van der Waals surface area contributed by atoms with Crippen LogP contribution in [0.2, 0.25) is 0 Å². The number of rotatable bonds is 5. The number of aryl methyl sites for hydroxylation is 1. The zero-order chi connectivity index (χ0) is 16.2. The highest BCUT2D eigenvalue weighted by atomic mass is 16.2. The van der Waals surface area contributed by atoms with Gasteiger partial charge in [0.05, 0.1) is 23.6 Å². The van der Waals surface area contributed by atoms with Gasteiger partial charge >= 0.3 is 0 Å². The first kappa shape index (κ1) is 15.7. The number of amides is 1. The number of likely N-dealkylation sites (tertiary alicyclic amines) is 1. The Hall–Kier alpha value is -2.22. The molecular formula is C15H23N7O. The molecule has 0 saturated carbocycles. The number of aromatic nitrogens is 5. The van der Waals surface area contributed by atoms with Crippen molar-refractivity contribution in [2.24, 2.45) is 0 Å². The predicted molar refractivity (Wildman–Crippen MR) is 84.6 cm³/mol. The number of hydrogen-bond acceptors (Lipinski definition) is 5. The van der Waals surface area contributed by atoms with E-state index in [2.05, 4.69) is 20.7 Å². The van der Waals surface area contributed by atoms with Crippen molar-refractivity contribution >= 4 is 5.91 Å². The average Bonchev–Trinajstić information content (AvgIpc) is 3.17. The minimum absolute atomic E-state index is 0.126. The lowest BCUT2D eigenvalue weighted by atomic mass is 10.1. The Balaban J connectivity index is 1.52. The smallest absolute Gasteiger partial charge is 0.244 e. The molecule has 0 unspecified atom stereocenters. The van der Waals surface area contributed by atoms with Gasteiger partial charge in [-0.15, -0.1) is 5.10 Å². The molecule has 1 aliphatic heterocycles. The predicted octanol–water partition coefficient (Wildman–Crippen LogP) is 0.366. The van der Waals surface area contributed by atoms with Gasteiger partial charge in [-0.25, -0.2) is 4.68 Å². The molecule has 8 nitrogen and oxygen atoms in total. The minimum Gasteiger partial charge on any atom is -0.341 e. The van der Waals surface area contributed by atoms with Gasteiger partial charge in [-0.3, -0.25) is 9.48 Å². The highest BCUT2D eigenvalue weighted by Gasteiger charge is 2.24. The van der Waals surface area contributed by atoms with Crippen molar-refractivity contribution in [1.29, 1.82) is 0 Å². The molecule has 0 radical (unpaired) electrons. The van der Waals surface area contributed by atoms with Crippen molar-refractivity contribution in [3.63, 3.8) is 0 Å². The monoisotopic (exact) mass is 317 g/mol. The maximum atomic E-state index is 12.3. The first-order valence-electron chi connectivity index (χ1n) is 7.99. The first-order valence-corrected chi connectivity index (χ1v) is 7.99. The van der Waals surface area contributed by atoms with E-state index in [1.54, 1.807) is 4.68 Å². The summed E-state index contributed by atoms with van der Waals surface area (Å²) in [6.45, 7) is 4.47. The zero-order valence-electron chi connectivity index (χ0n) is 13.6. The molecule has 0 atom stereocenters. The van der Waals surface area contributed by atoms with Crippen LogP contribution in [0.1, 0.15) is 30.3 Å². The third-order valence-electron chi connectivity index (χ3n) is 4.18. The van der Waals surface area contributed by atoms with Crippen molar-refractivity contribution in [2.45, 2.75) is 38.9 Å². The van der Waals surface area contributed by atoms with E-state index in [1.165, 1.54) is 0 Å². The van der Waals surface area contributed by atoms with Crippen LogP contribution in [-0.2, 0) is 17.9 Å². The van der Waals surface area contributed by atoms with Crippen LogP contribution in [0.3, 0.4) is 0 Å². The van der Waals surface area contributed by atoms with Crippen molar-refractivity contribution in [2.75, 3.05) is 20.1 Å². The maximum absolute atomic E-state index is 12.3. The van der Waals surface area contributed by atoms with E-state index in [-0.39, 0.29) is 5.91 Å². The van der Waals surface area contributed by atoms with Gasteiger partial charge in [-0.05, 0) is 32.9 Å². The second-order valence-electron chi connectivity index (χ2n) is 5.99. The molecule has 1 saturated heterocycles. The number of nitrogens with one attached hydrogen (secondary N) is 1. The lowest BCUT2D eigenvalue weighted by Crippen LogP contribution is -2.40. The summed E-state index contributed by atoms with van der Waals surface area (Å²) >= 11 is 0. The Morgan fingerprint density at radius 3 is 2.83 bits per heavy atom. The van der Waals surface area contributed by atoms with E-state index in [1.807, 2.05) is 42.0 Å². The van der Waals surface area contributed by atoms with Crippen molar-refractivity contribution in [3.8, 4) is 0 Å². The van der Waals surface area contributed by atoms with Crippen LogP contribution in [0.25, 0.3) is 0 Å². The van der Waals surface area contributed by atoms with E-state index >= 15 is 0 Å². The Morgan fingerprint density at radius 2 is 2.17 bits per heavy atom. The zero-order valence-corrected chi connectivity index (χ0v) is 13.6. The fraction of sp³-hybridized carbons (Fsp3) is 0.600. The lowest BCUT2D eigenvalue weighted by Gasteiger charge is -2.31. The molecule has 2 aromatic heterocycles. The number of carbonyl (C=O) groups is 1. The van der Waals surface area contributed by atoms with Crippen LogP contribution in [-0.4, -0.2) is 55.7 Å². The summed E-state index contributed by atoms with van der Waals surface area (Å²) in [4.78, 5) is 14.2. The summed E-state index contributed by atoms with van der Waals surface area (Å²) in [5, 5.41) is 15.7. The molecule has 3 rings (SSSR count). The second kappa shape index (κ2) is 6.91. The highest BCUT2D eigenvalue weighted by molar-refractivity contribution is 5.76. The third-order valence-corrected chi connectivity index (χ3v) is 4.18. The molecule has 23 heavy (non-hydrogen) atoms. The average molecular weight is 317 g/mol. The molecule has 0 bridgehead atoms. The van der Waals surface area contributed by atoms with Gasteiger partial charge in [0, 0.05) is 25.8 Å². The van der Waals surface area contributed by atoms with Gasteiger partial charge in [0.15, 0.2) is 0 Å². The van der Waals surface area contributed by atoms with Crippen LogP contribution in [0.15, 0.2) is 18.5 Å². The molecule has 0 spiro atoms. The van der Waals surface area contributed by atoms with Gasteiger partial charge in [0.1, 0.15) is 6.54 Å². The quantitative estimate of drug-likeness (QED) is 0.861. The third kappa shape index (κ3) is 3.76. The summed E-state index contributed by atoms with van der Waals surface area (Å²) in [5.41, 5.74) is 1.88. The summed E-state index contributed by atoms with van der Waals surface area (Å²) in [5.74, 6) is 0.126. The fourth-order valence-electron chi connectivity index (χ4n) is 2.92. The van der Waals surface area contributed by atoms with Crippen LogP contribution in [0.4, 0.5) is 0 Å². The second-order valence-corrected chi connectivity index (χ2v) is 5.99. The van der Waals surface area contributed by atoms with Crippen LogP contribution >= 0.6 is 0 Å². The van der Waals surface area contributed by atoms with Gasteiger partial charge in [-0.2, -0.15) is 5.10 Å². The Morgan fingerprint density at radius 1 is 1.39 bits per heavy atom. The van der Waals surface area contributed by atoms with Crippen LogP contribution in [0.5, 0.6) is 0 Å². The van der Waals surface area contributed by atoms with E-state index in [0.717, 1.165) is 43.9 Å². The van der Waals surface area contributed by atoms with Crippen molar-refractivity contribution < 1.29 is 4.79 Å². The molecule has 2 aromatic rings. The van der Waals surface area contributed by atoms with Gasteiger partial charge in [0.2, 0.25) is 5.91 Å². The molecule has 1 aliphatic rings. The van der Waals surface area contributed by atoms with Gasteiger partial charge in [0.25, 0.3) is 0 Å². The molecule has 1 N–H and O–H groups in total. The summed E-state index contributed by atoms with van der Waals surface area (Å²) in [7, 11) is 1.89. The molecule has 124 valence electrons. The van der Waals surface area contributed by atoms with Crippen molar-refractivity contribution in [1.82, 2.24) is 35.0 Å². The Kier molecular flexibility index (Phi) is 4.71. The molecule has 3 heterocycles. The number of piperidine rings is 1. The van der Waals surface area contributed by atoms with E-state index in [4.69, 9.17) is 0 Å². The number of nitrogens with zero attached hydrogens (tertiary/aromatic N) is 6. The molecule has 8 heteroatoms. The molecule has 0 aliphatic carbocycles. The number of carbonyl (C=O) groups excluding carboxylic acids is 1. The van der Waals surface area contributed by atoms with E-state index in [0.29, 0.717) is 12.6 Å². The minimum atomic E-state index is 0.126. The largest absolute Gasteiger partial charge is 0.341 e. The maximum Gasteiger partial charge on any atom is 0.244 e. The standard InChI is InChI=1S/C15H23N7O/c1-12-3-8-21(18-12)11-15(23)20-6-4-14(5-7-20)22-10-13(9-16-2)17-19-22/h3,8,10,14,16H,4-7,9,11H2,1-2H3. The highest BCUT2D eigenvalue weighted by Crippen LogP contribution is 2.21. The van der Waals surface area contributed by atoms with E-state index in [9.17, 15) is 4.79 Å². The topological polar surface area (TPSA) is 80.9 Å². The SMILES string of the molecule is CNCc1cn(C2CCN(C(=O)Cn3ccc(C)n3)CC2)nn1. The van der Waals surface area contributed by atoms with Crippen molar-refractivity contribution in [3.05, 3.63) is 29.8 Å². The molecule has 1 amide bonds. The normalized spacial score (nSPS) is 16.0. The Bertz CT molecular complexity index is 654. The Labute approximate surface area is 135 Å². The molecule has 1 fully saturated rings. The van der Waals surface area contributed by atoms with Crippen LogP contribution in [0, 0.1) is 6.92 Å².